The summed E-state index contributed by atoms with van der Waals surface area (Å²) in [6, 6.07) is 7.38. The molecule has 0 fully saturated rings. The first kappa shape index (κ1) is 17.2. The fourth-order valence-electron chi connectivity index (χ4n) is 1.52. The molecule has 0 unspecified atom stereocenters. The Hall–Kier alpha value is 0.156. The third-order valence-corrected chi connectivity index (χ3v) is 4.08. The minimum absolute atomic E-state index is 0. The van der Waals surface area contributed by atoms with Gasteiger partial charge in [0.2, 0.25) is 0 Å². The molecule has 2 N–H and O–H groups in total. The molecular weight excluding hydrogens is 319 g/mol. The Morgan fingerprint density at radius 1 is 0.684 bits per heavy atom. The van der Waals surface area contributed by atoms with Gasteiger partial charge < -0.3 is 0 Å². The van der Waals surface area contributed by atoms with Gasteiger partial charge in [-0.25, -0.2) is 0 Å². The summed E-state index contributed by atoms with van der Waals surface area (Å²) in [7, 11) is -8.60. The molecule has 1 radical (unpaired) electrons. The second-order valence-electron chi connectivity index (χ2n) is 3.62. The quantitative estimate of drug-likeness (QED) is 0.628. The Morgan fingerprint density at radius 3 is 1.26 bits per heavy atom. The minimum atomic E-state index is -4.30. The van der Waals surface area contributed by atoms with Crippen LogP contribution in [-0.4, -0.2) is 77.3 Å². The average molecular weight is 327 g/mol. The Bertz CT molecular complexity index is 755. The fourth-order valence-corrected chi connectivity index (χ4v) is 2.55. The summed E-state index contributed by atoms with van der Waals surface area (Å²) in [5.41, 5.74) is 0. The van der Waals surface area contributed by atoms with Crippen LogP contribution < -0.4 is 0 Å². The van der Waals surface area contributed by atoms with Gasteiger partial charge in [0.05, 0.1) is 9.79 Å². The van der Waals surface area contributed by atoms with Crippen molar-refractivity contribution < 1.29 is 25.9 Å². The molecule has 97 valence electrons. The molecule has 0 spiro atoms. The zero-order chi connectivity index (χ0) is 13.6. The second-order valence-corrected chi connectivity index (χ2v) is 6.46. The molecule has 0 saturated carbocycles. The molecule has 2 aromatic carbocycles. The van der Waals surface area contributed by atoms with Gasteiger partial charge >= 0.3 is 0 Å². The van der Waals surface area contributed by atoms with Crippen LogP contribution in [-0.2, 0) is 20.2 Å². The number of fused-ring (bicyclic) bond motifs is 1. The molecule has 0 aliphatic carbocycles. The average Bonchev–Trinajstić information content (AvgIpc) is 2.25. The Kier molecular flexibility index (Phi) is 5.32. The van der Waals surface area contributed by atoms with Crippen molar-refractivity contribution in [2.75, 3.05) is 0 Å². The summed E-state index contributed by atoms with van der Waals surface area (Å²) in [5.74, 6) is 0. The zero-order valence-corrected chi connectivity index (χ0v) is 14.6. The van der Waals surface area contributed by atoms with Crippen molar-refractivity contribution in [2.24, 2.45) is 0 Å². The first-order valence-electron chi connectivity index (χ1n) is 4.67. The fraction of sp³-hybridized carbons (Fsp3) is 0. The third kappa shape index (κ3) is 4.06. The van der Waals surface area contributed by atoms with Crippen LogP contribution in [0.4, 0.5) is 0 Å². The summed E-state index contributed by atoms with van der Waals surface area (Å²) >= 11 is 0. The van der Waals surface area contributed by atoms with E-state index in [1.165, 1.54) is 24.3 Å². The molecule has 0 heterocycles. The molecule has 0 saturated heterocycles. The van der Waals surface area contributed by atoms with Gasteiger partial charge in [-0.05, 0) is 35.0 Å². The molecule has 0 atom stereocenters. The van der Waals surface area contributed by atoms with Crippen molar-refractivity contribution in [2.45, 2.75) is 9.79 Å². The SMILES string of the molecule is O=S(=O)(O)c1ccc2cc(S(=O)(=O)O)ccc2c1.[K]. The summed E-state index contributed by atoms with van der Waals surface area (Å²) in [6.45, 7) is 0. The van der Waals surface area contributed by atoms with E-state index < -0.39 is 20.2 Å². The van der Waals surface area contributed by atoms with E-state index in [0.29, 0.717) is 10.8 Å². The van der Waals surface area contributed by atoms with Crippen LogP contribution in [0.3, 0.4) is 0 Å². The normalized spacial score (nSPS) is 12.1. The summed E-state index contributed by atoms with van der Waals surface area (Å²) < 4.78 is 61.4. The third-order valence-electron chi connectivity index (χ3n) is 2.38. The van der Waals surface area contributed by atoms with Crippen molar-refractivity contribution in [3.63, 3.8) is 0 Å². The van der Waals surface area contributed by atoms with Crippen LogP contribution in [0.15, 0.2) is 46.2 Å². The molecular formula is C10H8KO6S2. The maximum absolute atomic E-state index is 10.9. The van der Waals surface area contributed by atoms with E-state index in [4.69, 9.17) is 9.11 Å². The molecule has 0 aliphatic rings. The first-order valence-corrected chi connectivity index (χ1v) is 7.55. The number of rotatable bonds is 2. The van der Waals surface area contributed by atoms with Crippen molar-refractivity contribution in [3.05, 3.63) is 36.4 Å². The summed E-state index contributed by atoms with van der Waals surface area (Å²) in [5, 5.41) is 0.857. The molecule has 0 amide bonds. The van der Waals surface area contributed by atoms with Crippen molar-refractivity contribution in [1.82, 2.24) is 0 Å². The van der Waals surface area contributed by atoms with Gasteiger partial charge in [-0.1, -0.05) is 12.1 Å². The Morgan fingerprint density at radius 2 is 1.00 bits per heavy atom. The monoisotopic (exact) mass is 327 g/mol. The van der Waals surface area contributed by atoms with Crippen LogP contribution in [0.25, 0.3) is 10.8 Å². The summed E-state index contributed by atoms with van der Waals surface area (Å²) in [6.07, 6.45) is 0. The number of hydrogen-bond acceptors (Lipinski definition) is 4. The van der Waals surface area contributed by atoms with Crippen molar-refractivity contribution in [3.8, 4) is 0 Å². The topological polar surface area (TPSA) is 109 Å². The molecule has 0 aromatic heterocycles. The van der Waals surface area contributed by atoms with Gasteiger partial charge in [-0.2, -0.15) is 16.8 Å². The number of benzene rings is 2. The molecule has 0 bridgehead atoms. The van der Waals surface area contributed by atoms with Crippen LogP contribution in [0.5, 0.6) is 0 Å². The maximum Gasteiger partial charge on any atom is 0.294 e. The Labute approximate surface area is 152 Å². The van der Waals surface area contributed by atoms with E-state index in [0.717, 1.165) is 12.1 Å². The number of hydrogen-bond donors (Lipinski definition) is 2. The molecule has 6 nitrogen and oxygen atoms in total. The van der Waals surface area contributed by atoms with E-state index in [9.17, 15) is 16.8 Å². The second kappa shape index (κ2) is 5.88. The molecule has 19 heavy (non-hydrogen) atoms. The Balaban J connectivity index is 0.00000180. The van der Waals surface area contributed by atoms with Crippen LogP contribution >= 0.6 is 0 Å². The van der Waals surface area contributed by atoms with Gasteiger partial charge in [0, 0.05) is 51.4 Å². The predicted octanol–water partition coefficient (Wildman–Crippen LogP) is 0.952. The smallest absolute Gasteiger partial charge is 0.282 e. The van der Waals surface area contributed by atoms with Gasteiger partial charge in [0.25, 0.3) is 20.2 Å². The summed E-state index contributed by atoms with van der Waals surface area (Å²) in [4.78, 5) is -0.566. The van der Waals surface area contributed by atoms with E-state index in [2.05, 4.69) is 0 Å². The van der Waals surface area contributed by atoms with E-state index in [1.54, 1.807) is 0 Å². The van der Waals surface area contributed by atoms with Crippen molar-refractivity contribution >= 4 is 82.4 Å². The molecule has 0 aliphatic heterocycles. The van der Waals surface area contributed by atoms with E-state index in [-0.39, 0.29) is 61.2 Å². The molecule has 2 aromatic rings. The predicted molar refractivity (Wildman–Crippen MR) is 69.3 cm³/mol. The molecule has 9 heteroatoms. The minimum Gasteiger partial charge on any atom is -0.282 e. The van der Waals surface area contributed by atoms with Gasteiger partial charge in [-0.3, -0.25) is 9.11 Å². The van der Waals surface area contributed by atoms with E-state index in [1.807, 2.05) is 0 Å². The van der Waals surface area contributed by atoms with Gasteiger partial charge in [-0.15, -0.1) is 0 Å². The van der Waals surface area contributed by atoms with Crippen LogP contribution in [0, 0.1) is 0 Å². The van der Waals surface area contributed by atoms with Crippen LogP contribution in [0.1, 0.15) is 0 Å². The van der Waals surface area contributed by atoms with Gasteiger partial charge in [0.1, 0.15) is 0 Å². The largest absolute Gasteiger partial charge is 0.294 e. The first-order chi connectivity index (χ1) is 8.18. The van der Waals surface area contributed by atoms with Crippen molar-refractivity contribution in [1.29, 1.82) is 0 Å². The standard InChI is InChI=1S/C10H8O6S2.K/c11-17(12,13)9-3-1-7-5-10(18(14,15)16)4-2-8(7)6-9;/h1-6H,(H,11,12,13)(H,14,15,16);. The van der Waals surface area contributed by atoms with E-state index >= 15 is 0 Å². The van der Waals surface area contributed by atoms with Crippen LogP contribution in [0.2, 0.25) is 0 Å². The maximum atomic E-state index is 10.9. The zero-order valence-electron chi connectivity index (χ0n) is 9.81. The van der Waals surface area contributed by atoms with Gasteiger partial charge in [0.15, 0.2) is 0 Å². The molecule has 2 rings (SSSR count).